The van der Waals surface area contributed by atoms with Crippen LogP contribution in [0.25, 0.3) is 0 Å². The van der Waals surface area contributed by atoms with E-state index in [2.05, 4.69) is 15.9 Å². The van der Waals surface area contributed by atoms with E-state index in [1.165, 1.54) is 0 Å². The lowest BCUT2D eigenvalue weighted by molar-refractivity contribution is 0.415. The van der Waals surface area contributed by atoms with Gasteiger partial charge in [-0.1, -0.05) is 33.6 Å². The van der Waals surface area contributed by atoms with E-state index >= 15 is 0 Å². The molecule has 0 spiro atoms. The second-order valence-corrected chi connectivity index (χ2v) is 3.81. The van der Waals surface area contributed by atoms with Crippen molar-refractivity contribution in [1.82, 2.24) is 0 Å². The molecule has 0 amide bonds. The average Bonchev–Trinajstić information content (AvgIpc) is 2.70. The Morgan fingerprint density at radius 1 is 1.55 bits per heavy atom. The lowest BCUT2D eigenvalue weighted by Crippen LogP contribution is -1.81. The summed E-state index contributed by atoms with van der Waals surface area (Å²) in [6.45, 7) is 0.807. The van der Waals surface area contributed by atoms with Crippen molar-refractivity contribution < 1.29 is 4.74 Å². The highest BCUT2D eigenvalue weighted by Gasteiger charge is 2.26. The number of benzene rings is 1. The molecular formula is C8H6BrClO. The number of hydrogen-bond acceptors (Lipinski definition) is 1. The second-order valence-electron chi connectivity index (χ2n) is 2.49. The van der Waals surface area contributed by atoms with Crippen molar-refractivity contribution in [3.05, 3.63) is 33.3 Å². The van der Waals surface area contributed by atoms with Gasteiger partial charge in [0.2, 0.25) is 0 Å². The van der Waals surface area contributed by atoms with E-state index in [1.807, 2.05) is 18.2 Å². The van der Waals surface area contributed by atoms with Gasteiger partial charge in [0.1, 0.15) is 6.10 Å². The van der Waals surface area contributed by atoms with Crippen LogP contribution in [-0.4, -0.2) is 6.61 Å². The van der Waals surface area contributed by atoms with Gasteiger partial charge in [0.25, 0.3) is 0 Å². The maximum absolute atomic E-state index is 5.95. The number of halogens is 2. The molecule has 0 unspecified atom stereocenters. The molecule has 1 aromatic carbocycles. The zero-order valence-electron chi connectivity index (χ0n) is 5.68. The van der Waals surface area contributed by atoms with Crippen LogP contribution in [0.1, 0.15) is 11.7 Å². The van der Waals surface area contributed by atoms with Gasteiger partial charge < -0.3 is 4.74 Å². The number of rotatable bonds is 1. The largest absolute Gasteiger partial charge is 0.368 e. The van der Waals surface area contributed by atoms with Crippen LogP contribution in [0, 0.1) is 0 Å². The topological polar surface area (TPSA) is 12.5 Å². The molecule has 2 rings (SSSR count). The Morgan fingerprint density at radius 2 is 2.27 bits per heavy atom. The third-order valence-electron chi connectivity index (χ3n) is 1.64. The molecule has 0 radical (unpaired) electrons. The first-order valence-corrected chi connectivity index (χ1v) is 4.51. The van der Waals surface area contributed by atoms with Crippen molar-refractivity contribution in [1.29, 1.82) is 0 Å². The van der Waals surface area contributed by atoms with Crippen LogP contribution in [0.2, 0.25) is 5.02 Å². The molecule has 11 heavy (non-hydrogen) atoms. The van der Waals surface area contributed by atoms with Crippen LogP contribution in [-0.2, 0) is 4.74 Å². The van der Waals surface area contributed by atoms with Crippen molar-refractivity contribution in [2.24, 2.45) is 0 Å². The fraction of sp³-hybridized carbons (Fsp3) is 0.250. The van der Waals surface area contributed by atoms with Crippen molar-refractivity contribution in [3.8, 4) is 0 Å². The second kappa shape index (κ2) is 2.77. The molecule has 0 saturated carbocycles. The van der Waals surface area contributed by atoms with Crippen LogP contribution in [0.5, 0.6) is 0 Å². The molecule has 0 aromatic heterocycles. The van der Waals surface area contributed by atoms with Gasteiger partial charge in [-0.15, -0.1) is 0 Å². The Labute approximate surface area is 78.4 Å². The third kappa shape index (κ3) is 1.58. The molecule has 1 saturated heterocycles. The molecule has 1 aliphatic rings. The van der Waals surface area contributed by atoms with Crippen LogP contribution in [0.4, 0.5) is 0 Å². The molecule has 0 aliphatic carbocycles. The van der Waals surface area contributed by atoms with Crippen LogP contribution in [0.3, 0.4) is 0 Å². The summed E-state index contributed by atoms with van der Waals surface area (Å²) in [5, 5.41) is 0.780. The molecule has 1 aromatic rings. The summed E-state index contributed by atoms with van der Waals surface area (Å²) in [4.78, 5) is 0. The zero-order chi connectivity index (χ0) is 7.84. The molecule has 1 fully saturated rings. The van der Waals surface area contributed by atoms with E-state index in [0.29, 0.717) is 0 Å². The van der Waals surface area contributed by atoms with Gasteiger partial charge in [-0.05, 0) is 12.1 Å². The quantitative estimate of drug-likeness (QED) is 0.679. The number of ether oxygens (including phenoxy) is 1. The van der Waals surface area contributed by atoms with Crippen LogP contribution < -0.4 is 0 Å². The Hall–Kier alpha value is -0.0500. The SMILES string of the molecule is Clc1cc(Br)ccc1[C@@H]1CO1. The smallest absolute Gasteiger partial charge is 0.107 e. The van der Waals surface area contributed by atoms with Crippen molar-refractivity contribution in [3.63, 3.8) is 0 Å². The third-order valence-corrected chi connectivity index (χ3v) is 2.46. The summed E-state index contributed by atoms with van der Waals surface area (Å²) in [7, 11) is 0. The Bertz CT molecular complexity index is 283. The van der Waals surface area contributed by atoms with E-state index in [0.717, 1.165) is 21.7 Å². The van der Waals surface area contributed by atoms with Crippen molar-refractivity contribution in [2.45, 2.75) is 6.10 Å². The summed E-state index contributed by atoms with van der Waals surface area (Å²) in [5.41, 5.74) is 1.09. The van der Waals surface area contributed by atoms with E-state index in [1.54, 1.807) is 0 Å². The van der Waals surface area contributed by atoms with Gasteiger partial charge in [-0.3, -0.25) is 0 Å². The first-order chi connectivity index (χ1) is 5.27. The maximum Gasteiger partial charge on any atom is 0.107 e. The monoisotopic (exact) mass is 232 g/mol. The van der Waals surface area contributed by atoms with Gasteiger partial charge in [0, 0.05) is 15.1 Å². The summed E-state index contributed by atoms with van der Waals surface area (Å²) in [6.07, 6.45) is 0.246. The van der Waals surface area contributed by atoms with Crippen molar-refractivity contribution >= 4 is 27.5 Å². The first kappa shape index (κ1) is 7.59. The van der Waals surface area contributed by atoms with E-state index in [-0.39, 0.29) is 6.10 Å². The molecule has 1 nitrogen and oxygen atoms in total. The highest BCUT2D eigenvalue weighted by molar-refractivity contribution is 9.10. The molecule has 0 N–H and O–H groups in total. The number of epoxide rings is 1. The Balaban J connectivity index is 2.39. The van der Waals surface area contributed by atoms with E-state index < -0.39 is 0 Å². The Kier molecular flexibility index (Phi) is 1.91. The lowest BCUT2D eigenvalue weighted by Gasteiger charge is -1.99. The fourth-order valence-corrected chi connectivity index (χ4v) is 1.79. The molecule has 1 heterocycles. The van der Waals surface area contributed by atoms with Crippen molar-refractivity contribution in [2.75, 3.05) is 6.61 Å². The fourth-order valence-electron chi connectivity index (χ4n) is 0.990. The zero-order valence-corrected chi connectivity index (χ0v) is 8.02. The molecule has 1 aliphatic heterocycles. The summed E-state index contributed by atoms with van der Waals surface area (Å²) < 4.78 is 6.12. The van der Waals surface area contributed by atoms with Crippen LogP contribution >= 0.6 is 27.5 Å². The standard InChI is InChI=1S/C8H6BrClO/c9-5-1-2-6(7(10)3-5)8-4-11-8/h1-3,8H,4H2/t8-/m0/s1. The van der Waals surface area contributed by atoms with Gasteiger partial charge in [-0.2, -0.15) is 0 Å². The minimum atomic E-state index is 0.246. The molecule has 3 heteroatoms. The minimum absolute atomic E-state index is 0.246. The average molecular weight is 233 g/mol. The van der Waals surface area contributed by atoms with Gasteiger partial charge in [0.15, 0.2) is 0 Å². The number of hydrogen-bond donors (Lipinski definition) is 0. The van der Waals surface area contributed by atoms with Gasteiger partial charge in [-0.25, -0.2) is 0 Å². The molecule has 1 atom stereocenters. The molecule has 0 bridgehead atoms. The summed E-state index contributed by atoms with van der Waals surface area (Å²) in [6, 6.07) is 5.85. The van der Waals surface area contributed by atoms with Gasteiger partial charge in [0.05, 0.1) is 6.61 Å². The normalized spacial score (nSPS) is 21.8. The molecular weight excluding hydrogens is 227 g/mol. The highest BCUT2D eigenvalue weighted by Crippen LogP contribution is 2.35. The summed E-state index contributed by atoms with van der Waals surface area (Å²) >= 11 is 9.30. The van der Waals surface area contributed by atoms with E-state index in [4.69, 9.17) is 16.3 Å². The lowest BCUT2D eigenvalue weighted by atomic mass is 10.2. The maximum atomic E-state index is 5.95. The van der Waals surface area contributed by atoms with Crippen LogP contribution in [0.15, 0.2) is 22.7 Å². The Morgan fingerprint density at radius 3 is 2.82 bits per heavy atom. The summed E-state index contributed by atoms with van der Waals surface area (Å²) in [5.74, 6) is 0. The minimum Gasteiger partial charge on any atom is -0.368 e. The predicted molar refractivity (Wildman–Crippen MR) is 47.8 cm³/mol. The predicted octanol–water partition coefficient (Wildman–Crippen LogP) is 3.17. The first-order valence-electron chi connectivity index (χ1n) is 3.34. The van der Waals surface area contributed by atoms with E-state index in [9.17, 15) is 0 Å². The molecule has 58 valence electrons. The highest BCUT2D eigenvalue weighted by atomic mass is 79.9. The van der Waals surface area contributed by atoms with Gasteiger partial charge >= 0.3 is 0 Å².